The van der Waals surface area contributed by atoms with Crippen LogP contribution in [0.25, 0.3) is 0 Å². The molecule has 0 saturated carbocycles. The van der Waals surface area contributed by atoms with Crippen LogP contribution in [0.15, 0.2) is 29.2 Å². The molecule has 2 heteroatoms. The van der Waals surface area contributed by atoms with Crippen molar-refractivity contribution in [3.63, 3.8) is 0 Å². The summed E-state index contributed by atoms with van der Waals surface area (Å²) in [7, 11) is 0. The van der Waals surface area contributed by atoms with E-state index >= 15 is 0 Å². The molecule has 1 nitrogen and oxygen atoms in total. The standard InChI is InChI=1S/C16H25NS/c1-13-5-7-14(8-6-13)18-15-9-11-17(12-10-15)16(2,3)4/h5-8,15H,9-12H2,1-4H3. The van der Waals surface area contributed by atoms with Crippen LogP contribution >= 0.6 is 11.8 Å². The second kappa shape index (κ2) is 5.66. The fourth-order valence-corrected chi connectivity index (χ4v) is 3.58. The predicted molar refractivity (Wildman–Crippen MR) is 81.4 cm³/mol. The van der Waals surface area contributed by atoms with E-state index in [-0.39, 0.29) is 0 Å². The first-order valence-corrected chi connectivity index (χ1v) is 7.81. The third-order valence-electron chi connectivity index (χ3n) is 3.71. The van der Waals surface area contributed by atoms with Crippen molar-refractivity contribution in [1.82, 2.24) is 4.90 Å². The topological polar surface area (TPSA) is 3.24 Å². The van der Waals surface area contributed by atoms with Crippen molar-refractivity contribution in [2.24, 2.45) is 0 Å². The Morgan fingerprint density at radius 1 is 1.06 bits per heavy atom. The lowest BCUT2D eigenvalue weighted by molar-refractivity contribution is 0.113. The zero-order valence-electron chi connectivity index (χ0n) is 12.1. The van der Waals surface area contributed by atoms with Gasteiger partial charge in [0.25, 0.3) is 0 Å². The molecule has 1 aliphatic rings. The molecule has 0 N–H and O–H groups in total. The Kier molecular flexibility index (Phi) is 4.39. The molecule has 0 bridgehead atoms. The lowest BCUT2D eigenvalue weighted by Gasteiger charge is -2.40. The van der Waals surface area contributed by atoms with Gasteiger partial charge < -0.3 is 0 Å². The molecule has 100 valence electrons. The average molecular weight is 263 g/mol. The van der Waals surface area contributed by atoms with Crippen LogP contribution in [-0.2, 0) is 0 Å². The summed E-state index contributed by atoms with van der Waals surface area (Å²) < 4.78 is 0. The molecular formula is C16H25NS. The van der Waals surface area contributed by atoms with Gasteiger partial charge in [-0.3, -0.25) is 4.90 Å². The monoisotopic (exact) mass is 263 g/mol. The smallest absolute Gasteiger partial charge is 0.0125 e. The highest BCUT2D eigenvalue weighted by atomic mass is 32.2. The van der Waals surface area contributed by atoms with E-state index in [1.54, 1.807) is 0 Å². The highest BCUT2D eigenvalue weighted by molar-refractivity contribution is 8.00. The Bertz CT molecular complexity index is 369. The second-order valence-electron chi connectivity index (χ2n) is 6.29. The van der Waals surface area contributed by atoms with Crippen molar-refractivity contribution in [2.75, 3.05) is 13.1 Å². The fourth-order valence-electron chi connectivity index (χ4n) is 2.45. The minimum absolute atomic E-state index is 0.333. The first kappa shape index (κ1) is 14.0. The molecule has 1 aromatic rings. The van der Waals surface area contributed by atoms with Crippen molar-refractivity contribution >= 4 is 11.8 Å². The van der Waals surface area contributed by atoms with Gasteiger partial charge in [0.05, 0.1) is 0 Å². The van der Waals surface area contributed by atoms with Gasteiger partial charge in [-0.05, 0) is 65.8 Å². The van der Waals surface area contributed by atoms with Gasteiger partial charge in [0.1, 0.15) is 0 Å². The summed E-state index contributed by atoms with van der Waals surface area (Å²) in [6.45, 7) is 11.6. The van der Waals surface area contributed by atoms with Crippen LogP contribution in [0, 0.1) is 6.92 Å². The second-order valence-corrected chi connectivity index (χ2v) is 7.66. The summed E-state index contributed by atoms with van der Waals surface area (Å²) in [5.74, 6) is 0. The Balaban J connectivity index is 1.85. The van der Waals surface area contributed by atoms with E-state index in [0.717, 1.165) is 5.25 Å². The van der Waals surface area contributed by atoms with Crippen molar-refractivity contribution in [3.05, 3.63) is 29.8 Å². The first-order valence-electron chi connectivity index (χ1n) is 6.93. The van der Waals surface area contributed by atoms with Crippen LogP contribution in [0.2, 0.25) is 0 Å². The summed E-state index contributed by atoms with van der Waals surface area (Å²) in [6.07, 6.45) is 2.63. The summed E-state index contributed by atoms with van der Waals surface area (Å²) in [5.41, 5.74) is 1.68. The minimum atomic E-state index is 0.333. The van der Waals surface area contributed by atoms with Crippen LogP contribution < -0.4 is 0 Å². The molecule has 1 aliphatic heterocycles. The molecule has 1 heterocycles. The third-order valence-corrected chi connectivity index (χ3v) is 5.06. The summed E-state index contributed by atoms with van der Waals surface area (Å²) in [4.78, 5) is 4.04. The molecular weight excluding hydrogens is 238 g/mol. The van der Waals surface area contributed by atoms with Gasteiger partial charge in [-0.15, -0.1) is 11.8 Å². The highest BCUT2D eigenvalue weighted by Gasteiger charge is 2.27. The van der Waals surface area contributed by atoms with E-state index < -0.39 is 0 Å². The number of hydrogen-bond donors (Lipinski definition) is 0. The van der Waals surface area contributed by atoms with Gasteiger partial charge in [0.15, 0.2) is 0 Å². The van der Waals surface area contributed by atoms with Crippen molar-refractivity contribution in [1.29, 1.82) is 0 Å². The SMILES string of the molecule is Cc1ccc(SC2CCN(C(C)(C)C)CC2)cc1. The highest BCUT2D eigenvalue weighted by Crippen LogP contribution is 2.32. The number of likely N-dealkylation sites (tertiary alicyclic amines) is 1. The number of hydrogen-bond acceptors (Lipinski definition) is 2. The molecule has 1 fully saturated rings. The molecule has 0 aromatic heterocycles. The van der Waals surface area contributed by atoms with Crippen molar-refractivity contribution in [3.8, 4) is 0 Å². The van der Waals surface area contributed by atoms with E-state index in [9.17, 15) is 0 Å². The molecule has 1 aromatic carbocycles. The summed E-state index contributed by atoms with van der Waals surface area (Å²) in [5, 5.41) is 0.798. The fraction of sp³-hybridized carbons (Fsp3) is 0.625. The number of benzene rings is 1. The van der Waals surface area contributed by atoms with E-state index in [1.165, 1.54) is 36.4 Å². The van der Waals surface area contributed by atoms with Crippen LogP contribution in [0.5, 0.6) is 0 Å². The van der Waals surface area contributed by atoms with Gasteiger partial charge in [0.2, 0.25) is 0 Å². The van der Waals surface area contributed by atoms with E-state index in [4.69, 9.17) is 0 Å². The minimum Gasteiger partial charge on any atom is -0.298 e. The van der Waals surface area contributed by atoms with Crippen LogP contribution in [0.1, 0.15) is 39.2 Å². The number of thioether (sulfide) groups is 1. The molecule has 0 atom stereocenters. The zero-order chi connectivity index (χ0) is 13.2. The van der Waals surface area contributed by atoms with E-state index in [0.29, 0.717) is 5.54 Å². The van der Waals surface area contributed by atoms with Gasteiger partial charge >= 0.3 is 0 Å². The maximum absolute atomic E-state index is 2.61. The first-order chi connectivity index (χ1) is 8.45. The molecule has 0 spiro atoms. The quantitative estimate of drug-likeness (QED) is 0.780. The maximum Gasteiger partial charge on any atom is 0.0125 e. The molecule has 0 aliphatic carbocycles. The lowest BCUT2D eigenvalue weighted by atomic mass is 10.0. The van der Waals surface area contributed by atoms with Crippen LogP contribution in [0.4, 0.5) is 0 Å². The summed E-state index contributed by atoms with van der Waals surface area (Å²) in [6, 6.07) is 8.95. The predicted octanol–water partition coefficient (Wildman–Crippen LogP) is 4.35. The molecule has 18 heavy (non-hydrogen) atoms. The van der Waals surface area contributed by atoms with Crippen LogP contribution in [0.3, 0.4) is 0 Å². The largest absolute Gasteiger partial charge is 0.298 e. The molecule has 0 radical (unpaired) electrons. The van der Waals surface area contributed by atoms with Crippen LogP contribution in [-0.4, -0.2) is 28.8 Å². The maximum atomic E-state index is 2.61. The number of aryl methyl sites for hydroxylation is 1. The summed E-state index contributed by atoms with van der Waals surface area (Å²) >= 11 is 2.06. The normalized spacial score (nSPS) is 19.1. The van der Waals surface area contributed by atoms with Gasteiger partial charge in [-0.2, -0.15) is 0 Å². The van der Waals surface area contributed by atoms with E-state index in [2.05, 4.69) is 68.6 Å². The lowest BCUT2D eigenvalue weighted by Crippen LogP contribution is -2.46. The van der Waals surface area contributed by atoms with Crippen molar-refractivity contribution in [2.45, 2.75) is 56.2 Å². The van der Waals surface area contributed by atoms with E-state index in [1.807, 2.05) is 0 Å². The van der Waals surface area contributed by atoms with Crippen molar-refractivity contribution < 1.29 is 0 Å². The van der Waals surface area contributed by atoms with Gasteiger partial charge in [-0.25, -0.2) is 0 Å². The molecule has 0 amide bonds. The average Bonchev–Trinajstić information content (AvgIpc) is 2.32. The Morgan fingerprint density at radius 2 is 1.61 bits per heavy atom. The Morgan fingerprint density at radius 3 is 2.11 bits per heavy atom. The zero-order valence-corrected chi connectivity index (χ0v) is 12.9. The molecule has 1 saturated heterocycles. The third kappa shape index (κ3) is 3.76. The Hall–Kier alpha value is -0.470. The molecule has 0 unspecified atom stereocenters. The number of nitrogens with zero attached hydrogens (tertiary/aromatic N) is 1. The Labute approximate surface area is 116 Å². The van der Waals surface area contributed by atoms with Gasteiger partial charge in [-0.1, -0.05) is 17.7 Å². The number of rotatable bonds is 2. The van der Waals surface area contributed by atoms with Gasteiger partial charge in [0, 0.05) is 15.7 Å². The number of piperidine rings is 1. The molecule has 2 rings (SSSR count).